The smallest absolute Gasteiger partial charge is 0.231 e. The predicted molar refractivity (Wildman–Crippen MR) is 76.1 cm³/mol. The summed E-state index contributed by atoms with van der Waals surface area (Å²) in [6.45, 7) is 0. The molecule has 1 fully saturated rings. The average molecular weight is 351 g/mol. The van der Waals surface area contributed by atoms with Gasteiger partial charge in [-0.15, -0.1) is 23.7 Å². The van der Waals surface area contributed by atoms with E-state index < -0.39 is 0 Å². The molecule has 0 aromatic carbocycles. The molecule has 0 bridgehead atoms. The van der Waals surface area contributed by atoms with Crippen LogP contribution >= 0.6 is 39.7 Å². The molecular weight excluding hydrogens is 338 g/mol. The van der Waals surface area contributed by atoms with Gasteiger partial charge in [-0.25, -0.2) is 0 Å². The van der Waals surface area contributed by atoms with Crippen molar-refractivity contribution in [2.24, 2.45) is 5.73 Å². The van der Waals surface area contributed by atoms with Crippen molar-refractivity contribution in [3.8, 4) is 0 Å². The molecule has 7 heteroatoms. The van der Waals surface area contributed by atoms with E-state index in [-0.39, 0.29) is 17.9 Å². The fraction of sp³-hybridized carbons (Fsp3) is 0.455. The number of nitrogens with zero attached hydrogens (tertiary/aromatic N) is 2. The van der Waals surface area contributed by atoms with E-state index in [1.54, 1.807) is 11.3 Å². The number of nitrogens with two attached hydrogens (primary N) is 1. The molecular formula is C11H13BrClN3OS. The molecule has 0 spiro atoms. The van der Waals surface area contributed by atoms with Gasteiger partial charge in [0.1, 0.15) is 0 Å². The molecule has 0 saturated heterocycles. The fourth-order valence-corrected chi connectivity index (χ4v) is 3.38. The third-order valence-electron chi connectivity index (χ3n) is 3.11. The van der Waals surface area contributed by atoms with Gasteiger partial charge >= 0.3 is 0 Å². The Labute approximate surface area is 123 Å². The van der Waals surface area contributed by atoms with E-state index in [4.69, 9.17) is 10.3 Å². The lowest BCUT2D eigenvalue weighted by molar-refractivity contribution is 0.229. The zero-order chi connectivity index (χ0) is 11.9. The second-order valence-corrected chi connectivity index (χ2v) is 6.95. The molecule has 1 saturated carbocycles. The summed E-state index contributed by atoms with van der Waals surface area (Å²) in [5.74, 6) is 1.31. The summed E-state index contributed by atoms with van der Waals surface area (Å²) in [5, 5.41) is 3.99. The summed E-state index contributed by atoms with van der Waals surface area (Å²) in [5.41, 5.74) is 5.81. The van der Waals surface area contributed by atoms with Gasteiger partial charge in [0.2, 0.25) is 5.89 Å². The molecule has 1 aliphatic carbocycles. The van der Waals surface area contributed by atoms with Crippen molar-refractivity contribution >= 4 is 39.7 Å². The Morgan fingerprint density at radius 1 is 1.44 bits per heavy atom. The van der Waals surface area contributed by atoms with Crippen molar-refractivity contribution in [1.82, 2.24) is 10.1 Å². The Bertz CT molecular complexity index is 538. The minimum absolute atomic E-state index is 0. The van der Waals surface area contributed by atoms with Crippen LogP contribution in [-0.2, 0) is 12.0 Å². The normalized spacial score (nSPS) is 17.0. The van der Waals surface area contributed by atoms with Crippen LogP contribution in [0.2, 0.25) is 0 Å². The highest BCUT2D eigenvalue weighted by Gasteiger charge is 2.38. The number of aromatic nitrogens is 2. The predicted octanol–water partition coefficient (Wildman–Crippen LogP) is 3.24. The van der Waals surface area contributed by atoms with Crippen molar-refractivity contribution in [3.05, 3.63) is 32.5 Å². The molecule has 2 aromatic rings. The van der Waals surface area contributed by atoms with Crippen LogP contribution in [0.1, 0.15) is 35.9 Å². The second-order valence-electron chi connectivity index (χ2n) is 4.40. The zero-order valence-corrected chi connectivity index (χ0v) is 12.8. The topological polar surface area (TPSA) is 64.9 Å². The second kappa shape index (κ2) is 5.28. The van der Waals surface area contributed by atoms with Crippen molar-refractivity contribution in [2.75, 3.05) is 0 Å². The van der Waals surface area contributed by atoms with E-state index in [1.807, 2.05) is 6.07 Å². The van der Waals surface area contributed by atoms with Crippen LogP contribution in [0.3, 0.4) is 0 Å². The Kier molecular flexibility index (Phi) is 4.11. The molecule has 2 heterocycles. The van der Waals surface area contributed by atoms with Gasteiger partial charge in [-0.3, -0.25) is 0 Å². The highest BCUT2D eigenvalue weighted by molar-refractivity contribution is 9.11. The van der Waals surface area contributed by atoms with Gasteiger partial charge in [0.05, 0.1) is 15.7 Å². The minimum atomic E-state index is -0.336. The number of hydrogen-bond donors (Lipinski definition) is 1. The maximum atomic E-state index is 6.15. The third kappa shape index (κ3) is 2.61. The SMILES string of the molecule is Cl.NC1(c2noc(Cc3ccc(Br)s3)n2)CCC1. The first-order valence-corrected chi connectivity index (χ1v) is 7.13. The van der Waals surface area contributed by atoms with E-state index in [2.05, 4.69) is 32.1 Å². The highest BCUT2D eigenvalue weighted by atomic mass is 79.9. The molecule has 0 amide bonds. The van der Waals surface area contributed by atoms with E-state index in [0.29, 0.717) is 18.1 Å². The van der Waals surface area contributed by atoms with Crippen LogP contribution in [-0.4, -0.2) is 10.1 Å². The fourth-order valence-electron chi connectivity index (χ4n) is 1.91. The Hall–Kier alpha value is -0.430. The minimum Gasteiger partial charge on any atom is -0.339 e. The maximum absolute atomic E-state index is 6.15. The number of rotatable bonds is 3. The lowest BCUT2D eigenvalue weighted by Crippen LogP contribution is -2.44. The van der Waals surface area contributed by atoms with Crippen molar-refractivity contribution in [2.45, 2.75) is 31.2 Å². The van der Waals surface area contributed by atoms with E-state index in [1.165, 1.54) is 4.88 Å². The summed E-state index contributed by atoms with van der Waals surface area (Å²) in [6.07, 6.45) is 3.74. The third-order valence-corrected chi connectivity index (χ3v) is 4.74. The first-order valence-electron chi connectivity index (χ1n) is 5.52. The molecule has 0 aliphatic heterocycles. The monoisotopic (exact) mass is 349 g/mol. The molecule has 4 nitrogen and oxygen atoms in total. The van der Waals surface area contributed by atoms with Gasteiger partial charge in [-0.2, -0.15) is 4.98 Å². The Balaban J connectivity index is 0.00000120. The van der Waals surface area contributed by atoms with Crippen molar-refractivity contribution in [1.29, 1.82) is 0 Å². The van der Waals surface area contributed by atoms with Gasteiger partial charge in [0, 0.05) is 4.88 Å². The molecule has 2 aromatic heterocycles. The molecule has 0 unspecified atom stereocenters. The summed E-state index contributed by atoms with van der Waals surface area (Å²) in [6, 6.07) is 4.08. The van der Waals surface area contributed by atoms with Crippen molar-refractivity contribution < 1.29 is 4.52 Å². The van der Waals surface area contributed by atoms with Gasteiger partial charge in [0.15, 0.2) is 5.82 Å². The van der Waals surface area contributed by atoms with Crippen LogP contribution < -0.4 is 5.73 Å². The maximum Gasteiger partial charge on any atom is 0.231 e. The quantitative estimate of drug-likeness (QED) is 0.923. The largest absolute Gasteiger partial charge is 0.339 e. The molecule has 18 heavy (non-hydrogen) atoms. The number of thiophene rings is 1. The Morgan fingerprint density at radius 2 is 2.22 bits per heavy atom. The first kappa shape index (κ1) is 14.0. The van der Waals surface area contributed by atoms with Crippen LogP contribution in [0.5, 0.6) is 0 Å². The Morgan fingerprint density at radius 3 is 2.78 bits per heavy atom. The summed E-state index contributed by atoms with van der Waals surface area (Å²) >= 11 is 5.11. The first-order chi connectivity index (χ1) is 8.16. The van der Waals surface area contributed by atoms with Gasteiger partial charge in [0.25, 0.3) is 0 Å². The number of halogens is 2. The van der Waals surface area contributed by atoms with Gasteiger partial charge in [-0.1, -0.05) is 5.16 Å². The lowest BCUT2D eigenvalue weighted by Gasteiger charge is -2.34. The zero-order valence-electron chi connectivity index (χ0n) is 9.56. The van der Waals surface area contributed by atoms with Crippen LogP contribution in [0.25, 0.3) is 0 Å². The van der Waals surface area contributed by atoms with Crippen LogP contribution in [0, 0.1) is 0 Å². The van der Waals surface area contributed by atoms with Crippen LogP contribution in [0.4, 0.5) is 0 Å². The molecule has 1 aliphatic rings. The standard InChI is InChI=1S/C11H12BrN3OS.ClH/c12-8-3-2-7(17-8)6-9-14-10(15-16-9)11(13)4-1-5-11;/h2-3H,1,4-6,13H2;1H. The van der Waals surface area contributed by atoms with E-state index >= 15 is 0 Å². The van der Waals surface area contributed by atoms with E-state index in [9.17, 15) is 0 Å². The molecule has 2 N–H and O–H groups in total. The van der Waals surface area contributed by atoms with Gasteiger partial charge in [-0.05, 0) is 47.3 Å². The van der Waals surface area contributed by atoms with Crippen LogP contribution in [0.15, 0.2) is 20.4 Å². The average Bonchev–Trinajstić information content (AvgIpc) is 2.85. The summed E-state index contributed by atoms with van der Waals surface area (Å²) in [7, 11) is 0. The summed E-state index contributed by atoms with van der Waals surface area (Å²) in [4.78, 5) is 5.60. The molecule has 0 radical (unpaired) electrons. The molecule has 98 valence electrons. The number of hydrogen-bond acceptors (Lipinski definition) is 5. The summed E-state index contributed by atoms with van der Waals surface area (Å²) < 4.78 is 6.36. The van der Waals surface area contributed by atoms with E-state index in [0.717, 1.165) is 23.0 Å². The molecule has 3 rings (SSSR count). The molecule has 0 atom stereocenters. The highest BCUT2D eigenvalue weighted by Crippen LogP contribution is 2.37. The van der Waals surface area contributed by atoms with Gasteiger partial charge < -0.3 is 10.3 Å². The van der Waals surface area contributed by atoms with Crippen molar-refractivity contribution in [3.63, 3.8) is 0 Å². The lowest BCUT2D eigenvalue weighted by atomic mass is 9.77.